The summed E-state index contributed by atoms with van der Waals surface area (Å²) >= 11 is 0. The molecule has 1 aromatic carbocycles. The van der Waals surface area contributed by atoms with Crippen molar-refractivity contribution in [1.29, 1.82) is 0 Å². The second-order valence-electron chi connectivity index (χ2n) is 4.52. The Balaban J connectivity index is 2.02. The van der Waals surface area contributed by atoms with Gasteiger partial charge in [-0.2, -0.15) is 0 Å². The first-order chi connectivity index (χ1) is 9.20. The van der Waals surface area contributed by atoms with Crippen molar-refractivity contribution in [3.63, 3.8) is 0 Å². The highest BCUT2D eigenvalue weighted by molar-refractivity contribution is 5.93. The van der Waals surface area contributed by atoms with E-state index in [9.17, 15) is 9.18 Å². The molecule has 1 aliphatic heterocycles. The fourth-order valence-electron chi connectivity index (χ4n) is 2.20. The Labute approximate surface area is 112 Å². The van der Waals surface area contributed by atoms with Gasteiger partial charge in [0.15, 0.2) is 0 Å². The minimum Gasteiger partial charge on any atom is -0.375 e. The van der Waals surface area contributed by atoms with Gasteiger partial charge in [-0.1, -0.05) is 6.07 Å². The molecule has 2 rings (SSSR count). The number of hydrogen-bond donors (Lipinski definition) is 1. The monoisotopic (exact) mass is 266 g/mol. The quantitative estimate of drug-likeness (QED) is 0.899. The summed E-state index contributed by atoms with van der Waals surface area (Å²) in [6, 6.07) is 6.10. The molecule has 1 fully saturated rings. The van der Waals surface area contributed by atoms with Gasteiger partial charge >= 0.3 is 0 Å². The number of ether oxygens (including phenoxy) is 1. The van der Waals surface area contributed by atoms with E-state index in [1.165, 1.54) is 12.1 Å². The molecule has 1 saturated heterocycles. The first-order valence-electron chi connectivity index (χ1n) is 6.59. The predicted octanol–water partition coefficient (Wildman–Crippen LogP) is 1.56. The van der Waals surface area contributed by atoms with Gasteiger partial charge in [0.1, 0.15) is 5.82 Å². The molecular weight excluding hydrogens is 247 g/mol. The zero-order valence-corrected chi connectivity index (χ0v) is 11.1. The van der Waals surface area contributed by atoms with E-state index >= 15 is 0 Å². The first-order valence-corrected chi connectivity index (χ1v) is 6.59. The second kappa shape index (κ2) is 6.63. The van der Waals surface area contributed by atoms with Crippen molar-refractivity contribution in [2.75, 3.05) is 31.1 Å². The molecular formula is C14H19FN2O2. The molecule has 0 aliphatic carbocycles. The Bertz CT molecular complexity index is 433. The van der Waals surface area contributed by atoms with Crippen molar-refractivity contribution < 1.29 is 13.9 Å². The molecule has 1 aromatic rings. The van der Waals surface area contributed by atoms with Crippen LogP contribution in [-0.4, -0.2) is 38.3 Å². The number of nitrogens with one attached hydrogen (secondary N) is 1. The van der Waals surface area contributed by atoms with Crippen LogP contribution in [0.2, 0.25) is 0 Å². The smallest absolute Gasteiger partial charge is 0.229 e. The van der Waals surface area contributed by atoms with Gasteiger partial charge in [0, 0.05) is 25.3 Å². The van der Waals surface area contributed by atoms with E-state index in [0.717, 1.165) is 6.54 Å². The van der Waals surface area contributed by atoms with Crippen LogP contribution in [0.1, 0.15) is 13.3 Å². The molecule has 0 radical (unpaired) electrons. The van der Waals surface area contributed by atoms with Crippen LogP contribution < -0.4 is 10.2 Å². The van der Waals surface area contributed by atoms with Crippen molar-refractivity contribution in [2.24, 2.45) is 0 Å². The van der Waals surface area contributed by atoms with E-state index in [0.29, 0.717) is 31.8 Å². The van der Waals surface area contributed by atoms with Crippen LogP contribution in [0.15, 0.2) is 24.3 Å². The summed E-state index contributed by atoms with van der Waals surface area (Å²) in [4.78, 5) is 13.8. The minimum absolute atomic E-state index is 0.0400. The molecule has 5 heteroatoms. The average molecular weight is 266 g/mol. The molecule has 1 aliphatic rings. The lowest BCUT2D eigenvalue weighted by Crippen LogP contribution is -2.42. The summed E-state index contributed by atoms with van der Waals surface area (Å²) < 4.78 is 18.7. The Morgan fingerprint density at radius 1 is 1.58 bits per heavy atom. The zero-order chi connectivity index (χ0) is 13.7. The van der Waals surface area contributed by atoms with E-state index in [-0.39, 0.29) is 17.8 Å². The molecule has 1 heterocycles. The number of benzene rings is 1. The van der Waals surface area contributed by atoms with Gasteiger partial charge in [-0.05, 0) is 25.1 Å². The first kappa shape index (κ1) is 14.0. The number of rotatable bonds is 4. The number of carbonyl (C=O) groups excluding carboxylic acids is 1. The number of morpholine rings is 1. The Hall–Kier alpha value is -1.46. The number of anilines is 1. The molecule has 0 saturated carbocycles. The van der Waals surface area contributed by atoms with Crippen molar-refractivity contribution in [3.05, 3.63) is 30.1 Å². The van der Waals surface area contributed by atoms with Gasteiger partial charge in [0.05, 0.1) is 19.1 Å². The van der Waals surface area contributed by atoms with Crippen LogP contribution in [0.25, 0.3) is 0 Å². The lowest BCUT2D eigenvalue weighted by Gasteiger charge is -2.27. The fraction of sp³-hybridized carbons (Fsp3) is 0.500. The Morgan fingerprint density at radius 2 is 2.42 bits per heavy atom. The number of carbonyl (C=O) groups is 1. The largest absolute Gasteiger partial charge is 0.375 e. The summed E-state index contributed by atoms with van der Waals surface area (Å²) in [5, 5.41) is 3.19. The van der Waals surface area contributed by atoms with Crippen LogP contribution in [0.5, 0.6) is 0 Å². The molecule has 0 aromatic heterocycles. The van der Waals surface area contributed by atoms with Crippen LogP contribution in [0.3, 0.4) is 0 Å². The van der Waals surface area contributed by atoms with E-state index in [2.05, 4.69) is 5.32 Å². The Morgan fingerprint density at radius 3 is 3.05 bits per heavy atom. The molecule has 19 heavy (non-hydrogen) atoms. The summed E-state index contributed by atoms with van der Waals surface area (Å²) in [5.74, 6) is -0.374. The maximum Gasteiger partial charge on any atom is 0.229 e. The van der Waals surface area contributed by atoms with Gasteiger partial charge in [-0.3, -0.25) is 4.79 Å². The number of halogens is 1. The van der Waals surface area contributed by atoms with Crippen LogP contribution >= 0.6 is 0 Å². The highest BCUT2D eigenvalue weighted by atomic mass is 19.1. The predicted molar refractivity (Wildman–Crippen MR) is 71.7 cm³/mol. The van der Waals surface area contributed by atoms with Crippen LogP contribution in [0.4, 0.5) is 10.1 Å². The Kier molecular flexibility index (Phi) is 4.87. The van der Waals surface area contributed by atoms with Crippen LogP contribution in [-0.2, 0) is 9.53 Å². The van der Waals surface area contributed by atoms with E-state index in [1.807, 2.05) is 6.92 Å². The van der Waals surface area contributed by atoms with Crippen molar-refractivity contribution in [1.82, 2.24) is 5.32 Å². The molecule has 104 valence electrons. The van der Waals surface area contributed by atoms with E-state index < -0.39 is 0 Å². The molecule has 1 atom stereocenters. The fourth-order valence-corrected chi connectivity index (χ4v) is 2.20. The minimum atomic E-state index is -0.334. The SMILES string of the molecule is CCN(C(=O)CC1CNCCO1)c1cccc(F)c1. The highest BCUT2D eigenvalue weighted by Gasteiger charge is 2.21. The average Bonchev–Trinajstić information content (AvgIpc) is 2.41. The third-order valence-corrected chi connectivity index (χ3v) is 3.14. The lowest BCUT2D eigenvalue weighted by molar-refractivity contribution is -0.121. The van der Waals surface area contributed by atoms with Gasteiger partial charge in [-0.15, -0.1) is 0 Å². The summed E-state index contributed by atoms with van der Waals surface area (Å²) in [6.45, 7) is 4.54. The number of hydrogen-bond acceptors (Lipinski definition) is 3. The lowest BCUT2D eigenvalue weighted by atomic mass is 10.2. The third-order valence-electron chi connectivity index (χ3n) is 3.14. The van der Waals surface area contributed by atoms with Crippen molar-refractivity contribution >= 4 is 11.6 Å². The van der Waals surface area contributed by atoms with E-state index in [1.54, 1.807) is 17.0 Å². The molecule has 1 N–H and O–H groups in total. The maximum absolute atomic E-state index is 13.2. The normalized spacial score (nSPS) is 19.2. The summed E-state index contributed by atoms with van der Waals surface area (Å²) in [7, 11) is 0. The van der Waals surface area contributed by atoms with Crippen molar-refractivity contribution in [3.8, 4) is 0 Å². The standard InChI is InChI=1S/C14H19FN2O2/c1-2-17(12-5-3-4-11(15)8-12)14(18)9-13-10-16-6-7-19-13/h3-5,8,13,16H,2,6-7,9-10H2,1H3. The molecule has 0 spiro atoms. The van der Waals surface area contributed by atoms with E-state index in [4.69, 9.17) is 4.74 Å². The molecule has 1 unspecified atom stereocenters. The number of nitrogens with zero attached hydrogens (tertiary/aromatic N) is 1. The maximum atomic E-state index is 13.2. The molecule has 1 amide bonds. The molecule has 4 nitrogen and oxygen atoms in total. The third kappa shape index (κ3) is 3.75. The second-order valence-corrected chi connectivity index (χ2v) is 4.52. The molecule has 0 bridgehead atoms. The topological polar surface area (TPSA) is 41.6 Å². The van der Waals surface area contributed by atoms with Gasteiger partial charge < -0.3 is 15.0 Å². The summed E-state index contributed by atoms with van der Waals surface area (Å²) in [5.41, 5.74) is 0.594. The van der Waals surface area contributed by atoms with Gasteiger partial charge in [0.25, 0.3) is 0 Å². The van der Waals surface area contributed by atoms with Crippen molar-refractivity contribution in [2.45, 2.75) is 19.4 Å². The zero-order valence-electron chi connectivity index (χ0n) is 11.1. The van der Waals surface area contributed by atoms with Gasteiger partial charge in [-0.25, -0.2) is 4.39 Å². The van der Waals surface area contributed by atoms with Gasteiger partial charge in [0.2, 0.25) is 5.91 Å². The number of amides is 1. The highest BCUT2D eigenvalue weighted by Crippen LogP contribution is 2.17. The van der Waals surface area contributed by atoms with Crippen LogP contribution in [0, 0.1) is 5.82 Å². The summed E-state index contributed by atoms with van der Waals surface area (Å²) in [6.07, 6.45) is 0.223.